The summed E-state index contributed by atoms with van der Waals surface area (Å²) in [6.45, 7) is 2.94. The molecule has 0 amide bonds. The number of aromatic amines is 1. The highest BCUT2D eigenvalue weighted by Crippen LogP contribution is 2.22. The van der Waals surface area contributed by atoms with Crippen LogP contribution in [0.5, 0.6) is 0 Å². The first-order valence-electron chi connectivity index (χ1n) is 5.58. The van der Waals surface area contributed by atoms with Gasteiger partial charge in [0.15, 0.2) is 0 Å². The molecular formula is C13H18N2. The van der Waals surface area contributed by atoms with E-state index in [-0.39, 0.29) is 0 Å². The Kier molecular flexibility index (Phi) is 3.07. The van der Waals surface area contributed by atoms with Crippen LogP contribution in [-0.4, -0.2) is 11.5 Å². The minimum Gasteiger partial charge on any atom is -0.361 e. The van der Waals surface area contributed by atoms with E-state index in [0.29, 0.717) is 0 Å². The van der Waals surface area contributed by atoms with E-state index in [4.69, 9.17) is 5.73 Å². The van der Waals surface area contributed by atoms with Gasteiger partial charge in [-0.1, -0.05) is 12.1 Å². The summed E-state index contributed by atoms with van der Waals surface area (Å²) in [5.74, 6) is 0. The topological polar surface area (TPSA) is 41.8 Å². The molecule has 0 radical (unpaired) electrons. The van der Waals surface area contributed by atoms with Crippen LogP contribution in [-0.2, 0) is 6.42 Å². The molecule has 0 saturated carbocycles. The number of fused-ring (bicyclic) bond motifs is 1. The molecule has 0 aliphatic heterocycles. The van der Waals surface area contributed by atoms with Gasteiger partial charge in [-0.2, -0.15) is 0 Å². The molecule has 1 heterocycles. The third-order valence-corrected chi connectivity index (χ3v) is 2.92. The summed E-state index contributed by atoms with van der Waals surface area (Å²) in [6, 6.07) is 6.60. The number of hydrogen-bond acceptors (Lipinski definition) is 1. The van der Waals surface area contributed by atoms with Gasteiger partial charge >= 0.3 is 0 Å². The molecule has 0 aliphatic rings. The molecule has 1 aromatic carbocycles. The summed E-state index contributed by atoms with van der Waals surface area (Å²) < 4.78 is 0. The Labute approximate surface area is 90.5 Å². The maximum atomic E-state index is 5.50. The number of aryl methyl sites for hydroxylation is 2. The lowest BCUT2D eigenvalue weighted by molar-refractivity contribution is 0.747. The van der Waals surface area contributed by atoms with Crippen LogP contribution in [0.15, 0.2) is 24.4 Å². The normalized spacial score (nSPS) is 11.1. The van der Waals surface area contributed by atoms with Crippen LogP contribution in [0.3, 0.4) is 0 Å². The summed E-state index contributed by atoms with van der Waals surface area (Å²) in [4.78, 5) is 3.29. The van der Waals surface area contributed by atoms with Crippen LogP contribution in [0.25, 0.3) is 10.9 Å². The van der Waals surface area contributed by atoms with Crippen molar-refractivity contribution in [1.82, 2.24) is 4.98 Å². The Morgan fingerprint density at radius 2 is 2.07 bits per heavy atom. The number of hydrogen-bond donors (Lipinski definition) is 2. The third kappa shape index (κ3) is 2.05. The van der Waals surface area contributed by atoms with Crippen molar-refractivity contribution in [1.29, 1.82) is 0 Å². The van der Waals surface area contributed by atoms with Gasteiger partial charge in [-0.3, -0.25) is 0 Å². The highest BCUT2D eigenvalue weighted by molar-refractivity contribution is 5.85. The molecule has 3 N–H and O–H groups in total. The van der Waals surface area contributed by atoms with E-state index in [1.807, 2.05) is 6.20 Å². The predicted octanol–water partition coefficient (Wildman–Crippen LogP) is 2.76. The van der Waals surface area contributed by atoms with E-state index in [1.54, 1.807) is 0 Å². The molecule has 0 saturated heterocycles. The molecule has 2 heteroatoms. The molecule has 0 spiro atoms. The van der Waals surface area contributed by atoms with Gasteiger partial charge in [0.25, 0.3) is 0 Å². The van der Waals surface area contributed by atoms with Gasteiger partial charge in [-0.15, -0.1) is 0 Å². The van der Waals surface area contributed by atoms with Crippen LogP contribution in [0.4, 0.5) is 0 Å². The largest absolute Gasteiger partial charge is 0.361 e. The monoisotopic (exact) mass is 202 g/mol. The zero-order chi connectivity index (χ0) is 10.7. The van der Waals surface area contributed by atoms with Crippen molar-refractivity contribution in [3.8, 4) is 0 Å². The lowest BCUT2D eigenvalue weighted by Gasteiger charge is -2.04. The Morgan fingerprint density at radius 1 is 1.20 bits per heavy atom. The number of aromatic nitrogens is 1. The molecule has 0 atom stereocenters. The average molecular weight is 202 g/mol. The zero-order valence-electron chi connectivity index (χ0n) is 9.22. The fourth-order valence-electron chi connectivity index (χ4n) is 2.04. The molecule has 0 fully saturated rings. The van der Waals surface area contributed by atoms with Crippen LogP contribution < -0.4 is 5.73 Å². The van der Waals surface area contributed by atoms with Crippen molar-refractivity contribution in [2.45, 2.75) is 26.2 Å². The van der Waals surface area contributed by atoms with E-state index >= 15 is 0 Å². The number of unbranched alkanes of at least 4 members (excludes halogenated alkanes) is 1. The van der Waals surface area contributed by atoms with E-state index in [1.165, 1.54) is 28.5 Å². The molecule has 15 heavy (non-hydrogen) atoms. The maximum absolute atomic E-state index is 5.50. The van der Waals surface area contributed by atoms with Gasteiger partial charge in [0.2, 0.25) is 0 Å². The van der Waals surface area contributed by atoms with E-state index in [2.05, 4.69) is 30.1 Å². The van der Waals surface area contributed by atoms with Crippen LogP contribution >= 0.6 is 0 Å². The van der Waals surface area contributed by atoms with Crippen molar-refractivity contribution in [2.24, 2.45) is 5.73 Å². The molecule has 0 unspecified atom stereocenters. The van der Waals surface area contributed by atoms with Gasteiger partial charge in [-0.25, -0.2) is 0 Å². The Balaban J connectivity index is 2.27. The average Bonchev–Trinajstić information content (AvgIpc) is 2.71. The first-order valence-corrected chi connectivity index (χ1v) is 5.58. The molecular weight excluding hydrogens is 184 g/mol. The second kappa shape index (κ2) is 4.49. The summed E-state index contributed by atoms with van der Waals surface area (Å²) in [5, 5.41) is 1.37. The van der Waals surface area contributed by atoms with Crippen molar-refractivity contribution < 1.29 is 0 Å². The highest BCUT2D eigenvalue weighted by atomic mass is 14.7. The lowest BCUT2D eigenvalue weighted by Crippen LogP contribution is -1.99. The summed E-state index contributed by atoms with van der Waals surface area (Å²) >= 11 is 0. The second-order valence-corrected chi connectivity index (χ2v) is 4.05. The number of nitrogens with one attached hydrogen (secondary N) is 1. The summed E-state index contributed by atoms with van der Waals surface area (Å²) in [7, 11) is 0. The number of benzene rings is 1. The Hall–Kier alpha value is -1.28. The van der Waals surface area contributed by atoms with Crippen molar-refractivity contribution in [2.75, 3.05) is 6.54 Å². The van der Waals surface area contributed by atoms with Gasteiger partial charge in [0.05, 0.1) is 0 Å². The van der Waals surface area contributed by atoms with Gasteiger partial charge < -0.3 is 10.7 Å². The Bertz CT molecular complexity index is 443. The van der Waals surface area contributed by atoms with E-state index in [0.717, 1.165) is 19.4 Å². The molecule has 0 aliphatic carbocycles. The SMILES string of the molecule is Cc1ccc(CCCCN)c2cc[nH]c12. The first kappa shape index (κ1) is 10.2. The number of rotatable bonds is 4. The standard InChI is InChI=1S/C13H18N2/c1-10-5-6-11(4-2-3-8-14)12-7-9-15-13(10)12/h5-7,9,15H,2-4,8,14H2,1H3. The molecule has 2 nitrogen and oxygen atoms in total. The van der Waals surface area contributed by atoms with Crippen molar-refractivity contribution >= 4 is 10.9 Å². The number of nitrogens with two attached hydrogens (primary N) is 1. The maximum Gasteiger partial charge on any atom is 0.0486 e. The van der Waals surface area contributed by atoms with Crippen molar-refractivity contribution in [3.05, 3.63) is 35.5 Å². The highest BCUT2D eigenvalue weighted by Gasteiger charge is 2.03. The molecule has 2 aromatic rings. The second-order valence-electron chi connectivity index (χ2n) is 4.05. The van der Waals surface area contributed by atoms with Crippen LogP contribution in [0, 0.1) is 6.92 Å². The van der Waals surface area contributed by atoms with Crippen molar-refractivity contribution in [3.63, 3.8) is 0 Å². The van der Waals surface area contributed by atoms with Gasteiger partial charge in [-0.05, 0) is 49.9 Å². The predicted molar refractivity (Wildman–Crippen MR) is 65.0 cm³/mol. The fourth-order valence-corrected chi connectivity index (χ4v) is 2.04. The minimum absolute atomic E-state index is 0.794. The summed E-state index contributed by atoms with van der Waals surface area (Å²) in [6.07, 6.45) is 5.44. The van der Waals surface area contributed by atoms with E-state index < -0.39 is 0 Å². The minimum atomic E-state index is 0.794. The Morgan fingerprint density at radius 3 is 2.87 bits per heavy atom. The first-order chi connectivity index (χ1) is 7.33. The molecule has 2 rings (SSSR count). The molecule has 80 valence electrons. The molecule has 1 aromatic heterocycles. The van der Waals surface area contributed by atoms with Gasteiger partial charge in [0, 0.05) is 17.1 Å². The quantitative estimate of drug-likeness (QED) is 0.735. The fraction of sp³-hybridized carbons (Fsp3) is 0.385. The van der Waals surface area contributed by atoms with Crippen LogP contribution in [0.2, 0.25) is 0 Å². The smallest absolute Gasteiger partial charge is 0.0486 e. The van der Waals surface area contributed by atoms with Gasteiger partial charge in [0.1, 0.15) is 0 Å². The molecule has 0 bridgehead atoms. The summed E-state index contributed by atoms with van der Waals surface area (Å²) in [5.41, 5.74) is 9.53. The third-order valence-electron chi connectivity index (χ3n) is 2.92. The van der Waals surface area contributed by atoms with Crippen LogP contribution in [0.1, 0.15) is 24.0 Å². The number of H-pyrrole nitrogens is 1. The van der Waals surface area contributed by atoms with E-state index in [9.17, 15) is 0 Å². The lowest BCUT2D eigenvalue weighted by atomic mass is 10.0. The zero-order valence-corrected chi connectivity index (χ0v) is 9.22.